The van der Waals surface area contributed by atoms with Crippen LogP contribution in [0.1, 0.15) is 35.0 Å². The molecule has 1 amide bonds. The Labute approximate surface area is 145 Å². The number of amides is 1. The molecule has 0 saturated carbocycles. The molecule has 0 bridgehead atoms. The van der Waals surface area contributed by atoms with Gasteiger partial charge in [0.15, 0.2) is 10.4 Å². The van der Waals surface area contributed by atoms with Crippen molar-refractivity contribution in [3.8, 4) is 0 Å². The molecule has 5 heteroatoms. The van der Waals surface area contributed by atoms with E-state index in [2.05, 4.69) is 51.3 Å². The van der Waals surface area contributed by atoms with Gasteiger partial charge in [-0.25, -0.2) is 0 Å². The largest absolute Gasteiger partial charge is 0.444 e. The molecule has 0 aliphatic carbocycles. The lowest BCUT2D eigenvalue weighted by Gasteiger charge is -2.30. The van der Waals surface area contributed by atoms with E-state index in [-0.39, 0.29) is 5.91 Å². The summed E-state index contributed by atoms with van der Waals surface area (Å²) in [6, 6.07) is 10.1. The zero-order valence-electron chi connectivity index (χ0n) is 13.3. The monoisotopic (exact) mass is 376 g/mol. The average molecular weight is 377 g/mol. The number of furan rings is 1. The Morgan fingerprint density at radius 3 is 2.96 bits per heavy atom. The van der Waals surface area contributed by atoms with Gasteiger partial charge in [-0.3, -0.25) is 4.79 Å². The molecule has 23 heavy (non-hydrogen) atoms. The number of carbonyl (C=O) groups is 1. The summed E-state index contributed by atoms with van der Waals surface area (Å²) < 4.78 is 5.81. The second-order valence-corrected chi connectivity index (χ2v) is 6.54. The van der Waals surface area contributed by atoms with Crippen LogP contribution in [0, 0.1) is 0 Å². The highest BCUT2D eigenvalue weighted by molar-refractivity contribution is 9.10. The molecule has 4 nitrogen and oxygen atoms in total. The van der Waals surface area contributed by atoms with Crippen LogP contribution in [0.3, 0.4) is 0 Å². The van der Waals surface area contributed by atoms with Crippen molar-refractivity contribution in [2.45, 2.75) is 26.2 Å². The number of rotatable bonds is 5. The minimum absolute atomic E-state index is 0.175. The number of carbonyl (C=O) groups excluding carboxylic acids is 1. The first kappa shape index (κ1) is 16.1. The molecule has 0 saturated heterocycles. The SMILES string of the molecule is CCN1CCCc2cc(CCNC(=O)c3ccc(Br)o3)ccc21. The Morgan fingerprint density at radius 2 is 2.22 bits per heavy atom. The van der Waals surface area contributed by atoms with E-state index >= 15 is 0 Å². The summed E-state index contributed by atoms with van der Waals surface area (Å²) in [7, 11) is 0. The van der Waals surface area contributed by atoms with Crippen molar-refractivity contribution in [3.05, 3.63) is 51.9 Å². The molecule has 1 aliphatic heterocycles. The summed E-state index contributed by atoms with van der Waals surface area (Å²) in [5.41, 5.74) is 4.06. The van der Waals surface area contributed by atoms with Gasteiger partial charge in [0.1, 0.15) is 0 Å². The number of hydrogen-bond donors (Lipinski definition) is 1. The zero-order valence-corrected chi connectivity index (χ0v) is 14.9. The second-order valence-electron chi connectivity index (χ2n) is 5.76. The van der Waals surface area contributed by atoms with Crippen LogP contribution in [0.4, 0.5) is 5.69 Å². The Hall–Kier alpha value is -1.75. The van der Waals surface area contributed by atoms with Crippen molar-refractivity contribution in [3.63, 3.8) is 0 Å². The van der Waals surface area contributed by atoms with E-state index < -0.39 is 0 Å². The van der Waals surface area contributed by atoms with Crippen LogP contribution in [-0.2, 0) is 12.8 Å². The highest BCUT2D eigenvalue weighted by Crippen LogP contribution is 2.27. The van der Waals surface area contributed by atoms with E-state index in [1.165, 1.54) is 23.2 Å². The van der Waals surface area contributed by atoms with E-state index in [0.29, 0.717) is 17.0 Å². The maximum Gasteiger partial charge on any atom is 0.287 e. The van der Waals surface area contributed by atoms with E-state index in [1.807, 2.05) is 0 Å². The molecule has 1 aromatic heterocycles. The molecule has 1 N–H and O–H groups in total. The first-order chi connectivity index (χ1) is 11.2. The molecule has 0 fully saturated rings. The quantitative estimate of drug-likeness (QED) is 0.863. The fourth-order valence-corrected chi connectivity index (χ4v) is 3.36. The van der Waals surface area contributed by atoms with Crippen LogP contribution in [0.2, 0.25) is 0 Å². The fraction of sp³-hybridized carbons (Fsp3) is 0.389. The topological polar surface area (TPSA) is 45.5 Å². The van der Waals surface area contributed by atoms with Crippen LogP contribution in [0.5, 0.6) is 0 Å². The molecule has 3 rings (SSSR count). The predicted molar refractivity (Wildman–Crippen MR) is 95.1 cm³/mol. The van der Waals surface area contributed by atoms with E-state index in [9.17, 15) is 4.79 Å². The average Bonchev–Trinajstić information content (AvgIpc) is 3.00. The molecule has 2 aromatic rings. The number of aryl methyl sites for hydroxylation is 1. The lowest BCUT2D eigenvalue weighted by molar-refractivity contribution is 0.0925. The van der Waals surface area contributed by atoms with Crippen molar-refractivity contribution in [1.82, 2.24) is 5.32 Å². The molecule has 0 atom stereocenters. The number of hydrogen-bond acceptors (Lipinski definition) is 3. The summed E-state index contributed by atoms with van der Waals surface area (Å²) >= 11 is 3.20. The molecule has 0 spiro atoms. The third-order valence-electron chi connectivity index (χ3n) is 4.24. The highest BCUT2D eigenvalue weighted by atomic mass is 79.9. The Morgan fingerprint density at radius 1 is 1.35 bits per heavy atom. The van der Waals surface area contributed by atoms with Crippen molar-refractivity contribution >= 4 is 27.5 Å². The van der Waals surface area contributed by atoms with Crippen LogP contribution in [-0.4, -0.2) is 25.5 Å². The first-order valence-electron chi connectivity index (χ1n) is 8.07. The maximum absolute atomic E-state index is 11.9. The fourth-order valence-electron chi connectivity index (χ4n) is 3.06. The predicted octanol–water partition coefficient (Wildman–Crippen LogP) is 3.79. The van der Waals surface area contributed by atoms with Gasteiger partial charge in [-0.2, -0.15) is 0 Å². The van der Waals surface area contributed by atoms with Crippen molar-refractivity contribution < 1.29 is 9.21 Å². The van der Waals surface area contributed by atoms with Gasteiger partial charge < -0.3 is 14.6 Å². The number of nitrogens with one attached hydrogen (secondary N) is 1. The van der Waals surface area contributed by atoms with Gasteiger partial charge in [0.05, 0.1) is 0 Å². The van der Waals surface area contributed by atoms with Gasteiger partial charge in [0.25, 0.3) is 5.91 Å². The second kappa shape index (κ2) is 7.21. The third-order valence-corrected chi connectivity index (χ3v) is 4.66. The summed E-state index contributed by atoms with van der Waals surface area (Å²) in [5.74, 6) is 0.159. The van der Waals surface area contributed by atoms with Crippen LogP contribution >= 0.6 is 15.9 Å². The summed E-state index contributed by atoms with van der Waals surface area (Å²) in [6.45, 7) is 5.01. The number of anilines is 1. The van der Waals surface area contributed by atoms with Gasteiger partial charge in [0, 0.05) is 25.3 Å². The summed E-state index contributed by atoms with van der Waals surface area (Å²) in [4.78, 5) is 14.4. The standard InChI is InChI=1S/C18H21BrN2O2/c1-2-21-11-3-4-14-12-13(5-6-15(14)21)9-10-20-18(22)16-7-8-17(19)23-16/h5-8,12H,2-4,9-11H2,1H3,(H,20,22). The normalized spacial score (nSPS) is 13.7. The number of benzene rings is 1. The molecule has 1 aromatic carbocycles. The van der Waals surface area contributed by atoms with E-state index in [0.717, 1.165) is 25.9 Å². The first-order valence-corrected chi connectivity index (χ1v) is 8.87. The van der Waals surface area contributed by atoms with Crippen LogP contribution < -0.4 is 10.2 Å². The highest BCUT2D eigenvalue weighted by Gasteiger charge is 2.15. The van der Waals surface area contributed by atoms with Crippen molar-refractivity contribution in [2.24, 2.45) is 0 Å². The molecular formula is C18H21BrN2O2. The van der Waals surface area contributed by atoms with E-state index in [4.69, 9.17) is 4.42 Å². The minimum atomic E-state index is -0.175. The molecule has 0 radical (unpaired) electrons. The van der Waals surface area contributed by atoms with Gasteiger partial charge in [0.2, 0.25) is 0 Å². The summed E-state index contributed by atoms with van der Waals surface area (Å²) in [6.07, 6.45) is 3.19. The number of nitrogens with zero attached hydrogens (tertiary/aromatic N) is 1. The molecule has 0 unspecified atom stereocenters. The number of fused-ring (bicyclic) bond motifs is 1. The lowest BCUT2D eigenvalue weighted by Crippen LogP contribution is -2.29. The van der Waals surface area contributed by atoms with Gasteiger partial charge >= 0.3 is 0 Å². The number of halogens is 1. The Bertz CT molecular complexity index is 696. The maximum atomic E-state index is 11.9. The van der Waals surface area contributed by atoms with Crippen molar-refractivity contribution in [2.75, 3.05) is 24.5 Å². The summed E-state index contributed by atoms with van der Waals surface area (Å²) in [5, 5.41) is 2.90. The van der Waals surface area contributed by atoms with Gasteiger partial charge in [-0.15, -0.1) is 0 Å². The molecule has 2 heterocycles. The Balaban J connectivity index is 1.57. The van der Waals surface area contributed by atoms with Gasteiger partial charge in [-0.05, 0) is 71.4 Å². The van der Waals surface area contributed by atoms with Crippen molar-refractivity contribution in [1.29, 1.82) is 0 Å². The lowest BCUT2D eigenvalue weighted by atomic mass is 9.98. The minimum Gasteiger partial charge on any atom is -0.444 e. The molecule has 122 valence electrons. The van der Waals surface area contributed by atoms with Crippen LogP contribution in [0.15, 0.2) is 39.4 Å². The van der Waals surface area contributed by atoms with E-state index in [1.54, 1.807) is 12.1 Å². The van der Waals surface area contributed by atoms with Gasteiger partial charge in [-0.1, -0.05) is 12.1 Å². The smallest absolute Gasteiger partial charge is 0.287 e. The zero-order chi connectivity index (χ0) is 16.2. The third kappa shape index (κ3) is 3.78. The Kier molecular flexibility index (Phi) is 5.06. The molecule has 1 aliphatic rings. The molecular weight excluding hydrogens is 356 g/mol. The van der Waals surface area contributed by atoms with Crippen LogP contribution in [0.25, 0.3) is 0 Å².